The zero-order valence-electron chi connectivity index (χ0n) is 9.70. The molecule has 2 aromatic heterocycles. The molecule has 0 aliphatic rings. The summed E-state index contributed by atoms with van der Waals surface area (Å²) in [5.74, 6) is -0.00214. The van der Waals surface area contributed by atoms with Crippen molar-refractivity contribution < 1.29 is 9.53 Å². The predicted octanol–water partition coefficient (Wildman–Crippen LogP) is 0.597. The van der Waals surface area contributed by atoms with Crippen LogP contribution in [0.2, 0.25) is 0 Å². The Morgan fingerprint density at radius 3 is 3.17 bits per heavy atom. The van der Waals surface area contributed by atoms with Gasteiger partial charge in [0.05, 0.1) is 6.20 Å². The summed E-state index contributed by atoms with van der Waals surface area (Å²) in [5.41, 5.74) is 9.63. The number of carbonyl (C=O) groups is 1. The molecule has 0 aromatic carbocycles. The van der Waals surface area contributed by atoms with Gasteiger partial charge in [0.15, 0.2) is 17.0 Å². The van der Waals surface area contributed by atoms with Crippen molar-refractivity contribution in [2.45, 2.75) is 6.92 Å². The molecule has 18 heavy (non-hydrogen) atoms. The van der Waals surface area contributed by atoms with Crippen LogP contribution in [0.1, 0.15) is 6.92 Å². The molecule has 0 radical (unpaired) electrons. The van der Waals surface area contributed by atoms with Crippen LogP contribution < -0.4 is 5.73 Å². The van der Waals surface area contributed by atoms with E-state index >= 15 is 0 Å². The molecule has 2 rings (SSSR count). The van der Waals surface area contributed by atoms with Gasteiger partial charge in [-0.05, 0) is 6.08 Å². The van der Waals surface area contributed by atoms with Crippen LogP contribution >= 0.6 is 0 Å². The Labute approximate surface area is 103 Å². The van der Waals surface area contributed by atoms with Crippen molar-refractivity contribution in [1.82, 2.24) is 19.5 Å². The van der Waals surface area contributed by atoms with E-state index in [4.69, 9.17) is 10.5 Å². The summed E-state index contributed by atoms with van der Waals surface area (Å²) in [6.45, 7) is 1.52. The fraction of sp³-hybridized carbons (Fsp3) is 0.182. The van der Waals surface area contributed by atoms with Gasteiger partial charge in [0, 0.05) is 6.92 Å². The molecule has 92 valence electrons. The summed E-state index contributed by atoms with van der Waals surface area (Å²) in [6.07, 6.45) is 6.12. The van der Waals surface area contributed by atoms with E-state index < -0.39 is 0 Å². The highest BCUT2D eigenvalue weighted by Gasteiger charge is 2.04. The lowest BCUT2D eigenvalue weighted by atomic mass is 10.5. The number of hydrogen-bond donors (Lipinski definition) is 1. The molecular formula is C11H11N5O2. The van der Waals surface area contributed by atoms with E-state index in [0.717, 1.165) is 0 Å². The Balaban J connectivity index is 2.19. The third-order valence-corrected chi connectivity index (χ3v) is 2.09. The van der Waals surface area contributed by atoms with Gasteiger partial charge in [0.1, 0.15) is 19.3 Å². The number of hydrogen-bond acceptors (Lipinski definition) is 6. The van der Waals surface area contributed by atoms with Crippen molar-refractivity contribution in [1.29, 1.82) is 0 Å². The molecule has 0 fully saturated rings. The van der Waals surface area contributed by atoms with Gasteiger partial charge in [-0.3, -0.25) is 9.36 Å². The van der Waals surface area contributed by atoms with Crippen molar-refractivity contribution in [3.63, 3.8) is 0 Å². The molecule has 0 atom stereocenters. The first-order valence-corrected chi connectivity index (χ1v) is 5.16. The quantitative estimate of drug-likeness (QED) is 0.628. The van der Waals surface area contributed by atoms with E-state index in [9.17, 15) is 4.79 Å². The van der Waals surface area contributed by atoms with E-state index in [2.05, 4.69) is 20.7 Å². The van der Waals surface area contributed by atoms with Crippen LogP contribution in [0.3, 0.4) is 0 Å². The monoisotopic (exact) mass is 245 g/mol. The lowest BCUT2D eigenvalue weighted by Crippen LogP contribution is -1.96. The van der Waals surface area contributed by atoms with Gasteiger partial charge in [-0.15, -0.1) is 5.73 Å². The first-order chi connectivity index (χ1) is 8.68. The molecule has 0 bridgehead atoms. The average Bonchev–Trinajstić information content (AvgIpc) is 2.73. The Morgan fingerprint density at radius 1 is 1.56 bits per heavy atom. The minimum Gasteiger partial charge on any atom is -0.461 e. The number of nitrogens with two attached hydrogens (primary N) is 1. The van der Waals surface area contributed by atoms with Gasteiger partial charge in [0.2, 0.25) is 0 Å². The number of nitrogens with zero attached hydrogens (tertiary/aromatic N) is 4. The number of carbonyl (C=O) groups excluding carboxylic acids is 1. The molecule has 0 saturated carbocycles. The molecule has 2 aromatic rings. The standard InChI is InChI=1S/C11H11N5O2/c1-8(17)18-5-3-2-4-16-7-15-9-10(12)13-6-14-11(9)16/h3-4,6-7H,5H2,1H3,(H2,12,13,14). The van der Waals surface area contributed by atoms with Crippen LogP contribution in [0.25, 0.3) is 17.4 Å². The molecule has 0 aliphatic carbocycles. The molecule has 0 amide bonds. The molecule has 0 saturated heterocycles. The molecule has 0 unspecified atom stereocenters. The van der Waals surface area contributed by atoms with Crippen molar-refractivity contribution in [2.24, 2.45) is 0 Å². The normalized spacial score (nSPS) is 9.83. The molecule has 2 heterocycles. The van der Waals surface area contributed by atoms with Gasteiger partial charge in [0.25, 0.3) is 0 Å². The summed E-state index contributed by atoms with van der Waals surface area (Å²) < 4.78 is 6.37. The van der Waals surface area contributed by atoms with Crippen molar-refractivity contribution in [3.8, 4) is 0 Å². The highest BCUT2D eigenvalue weighted by Crippen LogP contribution is 2.13. The van der Waals surface area contributed by atoms with Gasteiger partial charge in [-0.25, -0.2) is 15.0 Å². The Bertz CT molecular complexity index is 640. The van der Waals surface area contributed by atoms with E-state index in [1.165, 1.54) is 13.3 Å². The van der Waals surface area contributed by atoms with E-state index in [0.29, 0.717) is 17.0 Å². The summed E-state index contributed by atoms with van der Waals surface area (Å²) in [5, 5.41) is 0. The number of imidazole rings is 1. The fourth-order valence-electron chi connectivity index (χ4n) is 1.30. The van der Waals surface area contributed by atoms with Gasteiger partial charge in [-0.2, -0.15) is 0 Å². The molecule has 7 nitrogen and oxygen atoms in total. The maximum absolute atomic E-state index is 10.5. The van der Waals surface area contributed by atoms with Crippen LogP contribution in [-0.4, -0.2) is 32.1 Å². The molecular weight excluding hydrogens is 234 g/mol. The van der Waals surface area contributed by atoms with E-state index in [1.807, 2.05) is 0 Å². The van der Waals surface area contributed by atoms with Gasteiger partial charge >= 0.3 is 5.97 Å². The minimum absolute atomic E-state index is 0.176. The van der Waals surface area contributed by atoms with Gasteiger partial charge < -0.3 is 10.5 Å². The second-order valence-electron chi connectivity index (χ2n) is 3.39. The third kappa shape index (κ3) is 2.53. The van der Waals surface area contributed by atoms with Crippen molar-refractivity contribution >= 4 is 29.2 Å². The summed E-state index contributed by atoms with van der Waals surface area (Å²) in [4.78, 5) is 22.5. The highest BCUT2D eigenvalue weighted by atomic mass is 16.5. The average molecular weight is 245 g/mol. The van der Waals surface area contributed by atoms with Crippen LogP contribution in [0.4, 0.5) is 5.82 Å². The highest BCUT2D eigenvalue weighted by molar-refractivity contribution is 5.82. The third-order valence-electron chi connectivity index (χ3n) is 2.09. The van der Waals surface area contributed by atoms with Gasteiger partial charge in [-0.1, -0.05) is 0 Å². The predicted molar refractivity (Wildman–Crippen MR) is 65.2 cm³/mol. The molecule has 7 heteroatoms. The summed E-state index contributed by atoms with van der Waals surface area (Å²) >= 11 is 0. The molecule has 0 aliphatic heterocycles. The van der Waals surface area contributed by atoms with Crippen LogP contribution in [0.5, 0.6) is 0 Å². The number of esters is 1. The molecule has 0 spiro atoms. The summed E-state index contributed by atoms with van der Waals surface area (Å²) in [7, 11) is 0. The van der Waals surface area contributed by atoms with Crippen LogP contribution in [0, 0.1) is 0 Å². The lowest BCUT2D eigenvalue weighted by molar-refractivity contribution is -0.139. The first-order valence-electron chi connectivity index (χ1n) is 5.16. The van der Waals surface area contributed by atoms with Crippen molar-refractivity contribution in [3.05, 3.63) is 24.5 Å². The first kappa shape index (κ1) is 11.8. The Hall–Kier alpha value is -2.66. The number of aromatic nitrogens is 4. The fourth-order valence-corrected chi connectivity index (χ4v) is 1.30. The molecule has 2 N–H and O–H groups in total. The van der Waals surface area contributed by atoms with Crippen LogP contribution in [0.15, 0.2) is 24.5 Å². The largest absolute Gasteiger partial charge is 0.461 e. The maximum atomic E-state index is 10.5. The minimum atomic E-state index is -0.332. The Morgan fingerprint density at radius 2 is 2.39 bits per heavy atom. The second kappa shape index (κ2) is 5.11. The smallest absolute Gasteiger partial charge is 0.302 e. The number of anilines is 1. The van der Waals surface area contributed by atoms with E-state index in [1.54, 1.807) is 23.2 Å². The van der Waals surface area contributed by atoms with Crippen LogP contribution in [-0.2, 0) is 9.53 Å². The number of ether oxygens (including phenoxy) is 1. The zero-order valence-corrected chi connectivity index (χ0v) is 9.70. The summed E-state index contributed by atoms with van der Waals surface area (Å²) in [6, 6.07) is 0. The second-order valence-corrected chi connectivity index (χ2v) is 3.39. The number of nitrogen functional groups attached to an aromatic ring is 1. The lowest BCUT2D eigenvalue weighted by Gasteiger charge is -1.94. The number of fused-ring (bicyclic) bond motifs is 1. The topological polar surface area (TPSA) is 95.9 Å². The van der Waals surface area contributed by atoms with E-state index in [-0.39, 0.29) is 12.6 Å². The van der Waals surface area contributed by atoms with Crippen molar-refractivity contribution in [2.75, 3.05) is 12.3 Å². The maximum Gasteiger partial charge on any atom is 0.302 e. The SMILES string of the molecule is CC(=O)OCC=C=Cn1cnc2c(N)ncnc21. The number of rotatable bonds is 3. The Kier molecular flexibility index (Phi) is 3.36. The zero-order chi connectivity index (χ0) is 13.0.